The number of nitrogens with one attached hydrogen (secondary N) is 3. The number of amides is 2. The van der Waals surface area contributed by atoms with Crippen LogP contribution in [0.4, 0.5) is 11.4 Å². The van der Waals surface area contributed by atoms with E-state index in [0.717, 1.165) is 27.5 Å². The summed E-state index contributed by atoms with van der Waals surface area (Å²) in [5.41, 5.74) is 3.63. The van der Waals surface area contributed by atoms with Gasteiger partial charge in [-0.25, -0.2) is 0 Å². The van der Waals surface area contributed by atoms with E-state index < -0.39 is 0 Å². The maximum Gasteiger partial charge on any atom is 0.279 e. The van der Waals surface area contributed by atoms with E-state index in [-0.39, 0.29) is 24.9 Å². The van der Waals surface area contributed by atoms with Crippen LogP contribution in [0.2, 0.25) is 0 Å². The van der Waals surface area contributed by atoms with Gasteiger partial charge in [-0.2, -0.15) is 0 Å². The van der Waals surface area contributed by atoms with Gasteiger partial charge in [0.1, 0.15) is 12.3 Å². The van der Waals surface area contributed by atoms with E-state index in [4.69, 9.17) is 9.47 Å². The first-order chi connectivity index (χ1) is 13.9. The van der Waals surface area contributed by atoms with Gasteiger partial charge in [0.05, 0.1) is 13.7 Å². The minimum absolute atomic E-state index is 0.137. The second-order valence-electron chi connectivity index (χ2n) is 6.92. The van der Waals surface area contributed by atoms with Crippen molar-refractivity contribution in [1.82, 2.24) is 0 Å². The summed E-state index contributed by atoms with van der Waals surface area (Å²) in [6.07, 6.45) is 0. The van der Waals surface area contributed by atoms with Gasteiger partial charge in [0.25, 0.3) is 11.8 Å². The number of quaternary nitrogens is 1. The highest BCUT2D eigenvalue weighted by Crippen LogP contribution is 2.17. The van der Waals surface area contributed by atoms with Crippen LogP contribution in [0.25, 0.3) is 0 Å². The molecular weight excluding hydrogens is 370 g/mol. The molecule has 156 valence electrons. The zero-order valence-electron chi connectivity index (χ0n) is 17.5. The summed E-state index contributed by atoms with van der Waals surface area (Å²) >= 11 is 0. The van der Waals surface area contributed by atoms with Crippen molar-refractivity contribution in [2.24, 2.45) is 0 Å². The summed E-state index contributed by atoms with van der Waals surface area (Å²) < 4.78 is 10.3. The lowest BCUT2D eigenvalue weighted by atomic mass is 10.1. The van der Waals surface area contributed by atoms with Gasteiger partial charge in [0.15, 0.2) is 13.1 Å². The molecule has 1 atom stereocenters. The number of rotatable bonds is 10. The number of carbonyl (C=O) groups is 2. The lowest BCUT2D eigenvalue weighted by molar-refractivity contribution is -0.883. The van der Waals surface area contributed by atoms with Crippen LogP contribution in [-0.4, -0.2) is 52.3 Å². The third-order valence-electron chi connectivity index (χ3n) is 4.73. The number of hydrogen-bond donors (Lipinski definition) is 3. The Labute approximate surface area is 172 Å². The molecule has 0 saturated carbocycles. The molecule has 0 fully saturated rings. The highest BCUT2D eigenvalue weighted by Gasteiger charge is 2.19. The molecule has 0 radical (unpaired) electrons. The standard InChI is InChI=1S/C22H29N3O4/c1-16-6-5-7-20(17(16)2)24-22(27)15-25(12-13-28-3)14-21(26)23-18-8-10-19(29-4)11-9-18/h5-11H,12-15H2,1-4H3,(H,23,26)(H,24,27)/p+1. The van der Waals surface area contributed by atoms with E-state index in [9.17, 15) is 9.59 Å². The Morgan fingerprint density at radius 1 is 0.931 bits per heavy atom. The highest BCUT2D eigenvalue weighted by atomic mass is 16.5. The predicted molar refractivity (Wildman–Crippen MR) is 114 cm³/mol. The lowest BCUT2D eigenvalue weighted by Gasteiger charge is -2.19. The van der Waals surface area contributed by atoms with Crippen LogP contribution in [0.3, 0.4) is 0 Å². The fourth-order valence-corrected chi connectivity index (χ4v) is 2.90. The van der Waals surface area contributed by atoms with Crippen molar-refractivity contribution in [3.05, 3.63) is 53.6 Å². The van der Waals surface area contributed by atoms with Crippen LogP contribution in [0.5, 0.6) is 5.75 Å². The Hall–Kier alpha value is -2.90. The van der Waals surface area contributed by atoms with E-state index in [1.807, 2.05) is 32.0 Å². The number of ether oxygens (including phenoxy) is 2. The normalized spacial score (nSPS) is 11.6. The zero-order chi connectivity index (χ0) is 21.2. The maximum absolute atomic E-state index is 12.5. The minimum atomic E-state index is -0.166. The molecule has 2 aromatic rings. The number of methoxy groups -OCH3 is 2. The summed E-state index contributed by atoms with van der Waals surface area (Å²) in [5, 5.41) is 5.80. The van der Waals surface area contributed by atoms with E-state index in [0.29, 0.717) is 18.8 Å². The van der Waals surface area contributed by atoms with Crippen molar-refractivity contribution >= 4 is 23.2 Å². The predicted octanol–water partition coefficient (Wildman–Crippen LogP) is 1.42. The van der Waals surface area contributed by atoms with Crippen LogP contribution >= 0.6 is 0 Å². The van der Waals surface area contributed by atoms with Crippen molar-refractivity contribution in [2.75, 3.05) is 51.1 Å². The smallest absolute Gasteiger partial charge is 0.279 e. The molecule has 0 bridgehead atoms. The molecule has 0 heterocycles. The Morgan fingerprint density at radius 3 is 2.21 bits per heavy atom. The van der Waals surface area contributed by atoms with Crippen molar-refractivity contribution in [1.29, 1.82) is 0 Å². The summed E-state index contributed by atoms with van der Waals surface area (Å²) in [5.74, 6) is 0.418. The number of aryl methyl sites for hydroxylation is 1. The van der Waals surface area contributed by atoms with Crippen molar-refractivity contribution in [2.45, 2.75) is 13.8 Å². The molecule has 2 aromatic carbocycles. The molecule has 0 spiro atoms. The SMILES string of the molecule is COCC[NH+](CC(=O)Nc1ccc(OC)cc1)CC(=O)Nc1cccc(C)c1C. The van der Waals surface area contributed by atoms with Crippen LogP contribution < -0.4 is 20.3 Å². The topological polar surface area (TPSA) is 81.1 Å². The molecule has 0 aliphatic rings. The fraction of sp³-hybridized carbons (Fsp3) is 0.364. The first-order valence-electron chi connectivity index (χ1n) is 9.55. The monoisotopic (exact) mass is 400 g/mol. The average Bonchev–Trinajstić information content (AvgIpc) is 2.70. The maximum atomic E-state index is 12.5. The van der Waals surface area contributed by atoms with Crippen molar-refractivity contribution in [3.63, 3.8) is 0 Å². The van der Waals surface area contributed by atoms with Gasteiger partial charge < -0.3 is 25.0 Å². The fourth-order valence-electron chi connectivity index (χ4n) is 2.90. The van der Waals surface area contributed by atoms with Gasteiger partial charge in [-0.1, -0.05) is 12.1 Å². The molecule has 0 aromatic heterocycles. The van der Waals surface area contributed by atoms with E-state index in [2.05, 4.69) is 10.6 Å². The van der Waals surface area contributed by atoms with Gasteiger partial charge in [0, 0.05) is 18.5 Å². The summed E-state index contributed by atoms with van der Waals surface area (Å²) in [6, 6.07) is 12.9. The van der Waals surface area contributed by atoms with E-state index in [1.54, 1.807) is 38.5 Å². The lowest BCUT2D eigenvalue weighted by Crippen LogP contribution is -3.14. The largest absolute Gasteiger partial charge is 0.497 e. The molecule has 7 nitrogen and oxygen atoms in total. The molecule has 0 aliphatic carbocycles. The molecule has 3 N–H and O–H groups in total. The number of hydrogen-bond acceptors (Lipinski definition) is 4. The third-order valence-corrected chi connectivity index (χ3v) is 4.73. The van der Waals surface area contributed by atoms with E-state index in [1.165, 1.54) is 0 Å². The Kier molecular flexibility index (Phi) is 8.64. The highest BCUT2D eigenvalue weighted by molar-refractivity contribution is 5.93. The summed E-state index contributed by atoms with van der Waals surface area (Å²) in [6.45, 7) is 5.32. The molecule has 2 rings (SSSR count). The zero-order valence-corrected chi connectivity index (χ0v) is 17.5. The second kappa shape index (κ2) is 11.2. The number of benzene rings is 2. The van der Waals surface area contributed by atoms with Crippen LogP contribution in [0.1, 0.15) is 11.1 Å². The van der Waals surface area contributed by atoms with Gasteiger partial charge in [-0.05, 0) is 55.3 Å². The molecule has 0 saturated heterocycles. The molecule has 0 aliphatic heterocycles. The number of anilines is 2. The van der Waals surface area contributed by atoms with Gasteiger partial charge in [-0.15, -0.1) is 0 Å². The van der Waals surface area contributed by atoms with Crippen LogP contribution in [0, 0.1) is 13.8 Å². The van der Waals surface area contributed by atoms with Gasteiger partial charge in [0.2, 0.25) is 0 Å². The average molecular weight is 400 g/mol. The van der Waals surface area contributed by atoms with Crippen molar-refractivity contribution < 1.29 is 24.0 Å². The van der Waals surface area contributed by atoms with Crippen molar-refractivity contribution in [3.8, 4) is 5.75 Å². The molecule has 1 unspecified atom stereocenters. The van der Waals surface area contributed by atoms with E-state index >= 15 is 0 Å². The van der Waals surface area contributed by atoms with Crippen LogP contribution in [0.15, 0.2) is 42.5 Å². The molecular formula is C22H30N3O4+. The van der Waals surface area contributed by atoms with Gasteiger partial charge >= 0.3 is 0 Å². The first kappa shape index (κ1) is 22.4. The first-order valence-corrected chi connectivity index (χ1v) is 9.55. The molecule has 2 amide bonds. The van der Waals surface area contributed by atoms with Gasteiger partial charge in [-0.3, -0.25) is 9.59 Å². The summed E-state index contributed by atoms with van der Waals surface area (Å²) in [7, 11) is 3.19. The quantitative estimate of drug-likeness (QED) is 0.564. The molecule has 29 heavy (non-hydrogen) atoms. The number of carbonyl (C=O) groups excluding carboxylic acids is 2. The molecule has 7 heteroatoms. The Bertz CT molecular complexity index is 821. The Balaban J connectivity index is 1.95. The third kappa shape index (κ3) is 7.21. The second-order valence-corrected chi connectivity index (χ2v) is 6.92. The Morgan fingerprint density at radius 2 is 1.59 bits per heavy atom. The van der Waals surface area contributed by atoms with Crippen LogP contribution in [-0.2, 0) is 14.3 Å². The summed E-state index contributed by atoms with van der Waals surface area (Å²) in [4.78, 5) is 25.8. The minimum Gasteiger partial charge on any atom is -0.497 e.